The van der Waals surface area contributed by atoms with E-state index in [1.807, 2.05) is 31.9 Å². The molecule has 0 bridgehead atoms. The molecule has 0 radical (unpaired) electrons. The monoisotopic (exact) mass is 261 g/mol. The van der Waals surface area contributed by atoms with Crippen LogP contribution in [-0.4, -0.2) is 30.1 Å². The number of nitrogens with zero attached hydrogens (tertiary/aromatic N) is 2. The van der Waals surface area contributed by atoms with Crippen LogP contribution in [-0.2, 0) is 9.59 Å². The highest BCUT2D eigenvalue weighted by Crippen LogP contribution is 2.27. The van der Waals surface area contributed by atoms with Crippen molar-refractivity contribution in [1.82, 2.24) is 0 Å². The molecule has 0 aliphatic heterocycles. The second kappa shape index (κ2) is 5.87. The molecule has 1 aromatic rings. The normalized spacial score (nSPS) is 9.84. The Morgan fingerprint density at radius 1 is 1.42 bits per heavy atom. The third-order valence-electron chi connectivity index (χ3n) is 2.75. The average molecular weight is 261 g/mol. The van der Waals surface area contributed by atoms with Gasteiger partial charge in [-0.25, -0.2) is 4.79 Å². The van der Waals surface area contributed by atoms with E-state index in [0.29, 0.717) is 5.69 Å². The lowest BCUT2D eigenvalue weighted by molar-refractivity contribution is -0.147. The molecule has 19 heavy (non-hydrogen) atoms. The summed E-state index contributed by atoms with van der Waals surface area (Å²) in [5.74, 6) is -2.76. The molecule has 0 heterocycles. The minimum Gasteiger partial charge on any atom is -0.474 e. The predicted octanol–water partition coefficient (Wildman–Crippen LogP) is 1.43. The number of rotatable bonds is 3. The standard InChI is InChI=1S/C13H15N3O3/c1-8(2)16(3)11-6-4-5-10(9(11)7-14)15-12(17)13(18)19/h4-6,8H,1-3H3,(H,15,17)(H,18,19). The fourth-order valence-corrected chi connectivity index (χ4v) is 1.51. The lowest BCUT2D eigenvalue weighted by Crippen LogP contribution is -2.27. The van der Waals surface area contributed by atoms with Crippen LogP contribution >= 0.6 is 0 Å². The van der Waals surface area contributed by atoms with Crippen molar-refractivity contribution < 1.29 is 14.7 Å². The zero-order valence-corrected chi connectivity index (χ0v) is 11.0. The molecule has 0 saturated carbocycles. The minimum absolute atomic E-state index is 0.164. The van der Waals surface area contributed by atoms with E-state index in [1.54, 1.807) is 12.1 Å². The number of nitrogens with one attached hydrogen (secondary N) is 1. The van der Waals surface area contributed by atoms with Crippen LogP contribution in [0.2, 0.25) is 0 Å². The molecule has 1 amide bonds. The summed E-state index contributed by atoms with van der Waals surface area (Å²) in [5, 5.41) is 20.0. The molecular formula is C13H15N3O3. The number of anilines is 2. The van der Waals surface area contributed by atoms with E-state index in [9.17, 15) is 14.9 Å². The fourth-order valence-electron chi connectivity index (χ4n) is 1.51. The molecule has 0 atom stereocenters. The van der Waals surface area contributed by atoms with Gasteiger partial charge in [-0.3, -0.25) is 4.79 Å². The topological polar surface area (TPSA) is 93.4 Å². The smallest absolute Gasteiger partial charge is 0.394 e. The molecule has 1 aromatic carbocycles. The molecule has 6 nitrogen and oxygen atoms in total. The lowest BCUT2D eigenvalue weighted by atomic mass is 10.1. The average Bonchev–Trinajstić information content (AvgIpc) is 2.37. The molecule has 0 aliphatic carbocycles. The number of carboxylic acid groups (broad SMARTS) is 1. The third kappa shape index (κ3) is 3.22. The van der Waals surface area contributed by atoms with Crippen molar-refractivity contribution in [3.63, 3.8) is 0 Å². The van der Waals surface area contributed by atoms with Crippen LogP contribution in [0.5, 0.6) is 0 Å². The van der Waals surface area contributed by atoms with Crippen LogP contribution in [0, 0.1) is 11.3 Å². The van der Waals surface area contributed by atoms with Gasteiger partial charge in [0, 0.05) is 13.1 Å². The SMILES string of the molecule is CC(C)N(C)c1cccc(NC(=O)C(=O)O)c1C#N. The summed E-state index contributed by atoms with van der Waals surface area (Å²) in [5.41, 5.74) is 1.08. The van der Waals surface area contributed by atoms with Gasteiger partial charge in [0.15, 0.2) is 0 Å². The Morgan fingerprint density at radius 2 is 2.05 bits per heavy atom. The number of hydrogen-bond donors (Lipinski definition) is 2. The Balaban J connectivity index is 3.21. The maximum Gasteiger partial charge on any atom is 0.394 e. The van der Waals surface area contributed by atoms with Crippen LogP contribution < -0.4 is 10.2 Å². The first-order valence-corrected chi connectivity index (χ1v) is 5.68. The Morgan fingerprint density at radius 3 is 2.53 bits per heavy atom. The summed E-state index contributed by atoms with van der Waals surface area (Å²) < 4.78 is 0. The Labute approximate surface area is 111 Å². The molecule has 6 heteroatoms. The molecule has 0 spiro atoms. The van der Waals surface area contributed by atoms with Gasteiger partial charge in [0.05, 0.1) is 16.9 Å². The van der Waals surface area contributed by atoms with E-state index in [4.69, 9.17) is 5.11 Å². The zero-order chi connectivity index (χ0) is 14.6. The molecule has 1 rings (SSSR count). The molecule has 2 N–H and O–H groups in total. The van der Waals surface area contributed by atoms with Gasteiger partial charge >= 0.3 is 11.9 Å². The van der Waals surface area contributed by atoms with Crippen LogP contribution in [0.1, 0.15) is 19.4 Å². The third-order valence-corrected chi connectivity index (χ3v) is 2.75. The fraction of sp³-hybridized carbons (Fsp3) is 0.308. The quantitative estimate of drug-likeness (QED) is 0.803. The summed E-state index contributed by atoms with van der Waals surface area (Å²) in [7, 11) is 1.82. The summed E-state index contributed by atoms with van der Waals surface area (Å²) >= 11 is 0. The van der Waals surface area contributed by atoms with E-state index in [1.165, 1.54) is 6.07 Å². The Kier molecular flexibility index (Phi) is 4.48. The van der Waals surface area contributed by atoms with Gasteiger partial charge in [-0.05, 0) is 26.0 Å². The van der Waals surface area contributed by atoms with Crippen molar-refractivity contribution in [2.24, 2.45) is 0 Å². The second-order valence-electron chi connectivity index (χ2n) is 4.28. The molecule has 0 aromatic heterocycles. The van der Waals surface area contributed by atoms with Crippen molar-refractivity contribution in [2.75, 3.05) is 17.3 Å². The number of benzene rings is 1. The van der Waals surface area contributed by atoms with Gasteiger partial charge in [-0.1, -0.05) is 6.07 Å². The van der Waals surface area contributed by atoms with Gasteiger partial charge in [0.1, 0.15) is 6.07 Å². The number of hydrogen-bond acceptors (Lipinski definition) is 4. The molecule has 0 unspecified atom stereocenters. The highest BCUT2D eigenvalue weighted by Gasteiger charge is 2.17. The molecule has 0 saturated heterocycles. The van der Waals surface area contributed by atoms with Gasteiger partial charge in [-0.2, -0.15) is 5.26 Å². The summed E-state index contributed by atoms with van der Waals surface area (Å²) in [6.45, 7) is 3.92. The summed E-state index contributed by atoms with van der Waals surface area (Å²) in [6, 6.07) is 7.06. The van der Waals surface area contributed by atoms with Crippen molar-refractivity contribution >= 4 is 23.3 Å². The summed E-state index contributed by atoms with van der Waals surface area (Å²) in [4.78, 5) is 23.6. The summed E-state index contributed by atoms with van der Waals surface area (Å²) in [6.07, 6.45) is 0. The maximum absolute atomic E-state index is 11.2. The van der Waals surface area contributed by atoms with Crippen LogP contribution in [0.3, 0.4) is 0 Å². The van der Waals surface area contributed by atoms with E-state index in [0.717, 1.165) is 0 Å². The zero-order valence-electron chi connectivity index (χ0n) is 11.0. The maximum atomic E-state index is 11.2. The van der Waals surface area contributed by atoms with Crippen LogP contribution in [0.4, 0.5) is 11.4 Å². The minimum atomic E-state index is -1.59. The molecule has 0 aliphatic rings. The van der Waals surface area contributed by atoms with Crippen LogP contribution in [0.15, 0.2) is 18.2 Å². The van der Waals surface area contributed by atoms with Crippen molar-refractivity contribution in [3.8, 4) is 6.07 Å². The van der Waals surface area contributed by atoms with Crippen molar-refractivity contribution in [3.05, 3.63) is 23.8 Å². The first-order chi connectivity index (χ1) is 8.88. The van der Waals surface area contributed by atoms with E-state index < -0.39 is 11.9 Å². The Bertz CT molecular complexity index is 547. The lowest BCUT2D eigenvalue weighted by Gasteiger charge is -2.25. The van der Waals surface area contributed by atoms with E-state index in [-0.39, 0.29) is 17.3 Å². The molecule has 0 fully saturated rings. The highest BCUT2D eigenvalue weighted by molar-refractivity contribution is 6.36. The predicted molar refractivity (Wildman–Crippen MR) is 71.0 cm³/mol. The largest absolute Gasteiger partial charge is 0.474 e. The first-order valence-electron chi connectivity index (χ1n) is 5.68. The Hall–Kier alpha value is -2.55. The van der Waals surface area contributed by atoms with E-state index >= 15 is 0 Å². The van der Waals surface area contributed by atoms with Gasteiger partial charge < -0.3 is 15.3 Å². The van der Waals surface area contributed by atoms with E-state index in [2.05, 4.69) is 5.32 Å². The van der Waals surface area contributed by atoms with Gasteiger partial charge in [-0.15, -0.1) is 0 Å². The van der Waals surface area contributed by atoms with Crippen LogP contribution in [0.25, 0.3) is 0 Å². The van der Waals surface area contributed by atoms with Gasteiger partial charge in [0.2, 0.25) is 0 Å². The number of carbonyl (C=O) groups excluding carboxylic acids is 1. The number of carboxylic acids is 1. The second-order valence-corrected chi connectivity index (χ2v) is 4.28. The van der Waals surface area contributed by atoms with Crippen molar-refractivity contribution in [2.45, 2.75) is 19.9 Å². The van der Waals surface area contributed by atoms with Gasteiger partial charge in [0.25, 0.3) is 0 Å². The highest BCUT2D eigenvalue weighted by atomic mass is 16.4. The molecular weight excluding hydrogens is 246 g/mol. The number of nitriles is 1. The number of carbonyl (C=O) groups is 2. The number of amides is 1. The number of aliphatic carboxylic acids is 1. The van der Waals surface area contributed by atoms with Crippen molar-refractivity contribution in [1.29, 1.82) is 5.26 Å². The molecule has 100 valence electrons. The first kappa shape index (κ1) is 14.5.